The molecule has 0 aliphatic carbocycles. The number of nitrogens with zero attached hydrogens (tertiary/aromatic N) is 3. The number of aromatic nitrogens is 2. The summed E-state index contributed by atoms with van der Waals surface area (Å²) < 4.78 is 1.55. The third kappa shape index (κ3) is 4.10. The number of hydrogen-bond acceptors (Lipinski definition) is 5. The SMILES string of the molecule is CC(=O)c1nn(-c2ccc(Cl)cc2)c(=NCC(=O)c2ccccc2)s1. The number of hydrogen-bond donors (Lipinski definition) is 0. The van der Waals surface area contributed by atoms with Crippen molar-refractivity contribution >= 4 is 34.5 Å². The molecule has 0 spiro atoms. The van der Waals surface area contributed by atoms with Crippen LogP contribution in [-0.4, -0.2) is 27.9 Å². The second-order valence-corrected chi connectivity index (χ2v) is 6.63. The van der Waals surface area contributed by atoms with E-state index in [2.05, 4.69) is 10.1 Å². The lowest BCUT2D eigenvalue weighted by atomic mass is 10.1. The lowest BCUT2D eigenvalue weighted by Crippen LogP contribution is -2.17. The van der Waals surface area contributed by atoms with Crippen LogP contribution >= 0.6 is 22.9 Å². The number of carbonyl (C=O) groups is 2. The van der Waals surface area contributed by atoms with Crippen molar-refractivity contribution in [1.82, 2.24) is 9.78 Å². The molecule has 2 aromatic carbocycles. The van der Waals surface area contributed by atoms with Gasteiger partial charge in [0.05, 0.1) is 5.69 Å². The first-order valence-electron chi connectivity index (χ1n) is 7.50. The third-order valence-corrected chi connectivity index (χ3v) is 4.69. The molecular formula is C18H14ClN3O2S. The quantitative estimate of drug-likeness (QED) is 0.644. The Bertz CT molecular complexity index is 976. The van der Waals surface area contributed by atoms with E-state index in [0.29, 0.717) is 20.4 Å². The molecule has 126 valence electrons. The lowest BCUT2D eigenvalue weighted by molar-refractivity contribution is 0.0996. The summed E-state index contributed by atoms with van der Waals surface area (Å²) in [6, 6.07) is 16.0. The highest BCUT2D eigenvalue weighted by Crippen LogP contribution is 2.13. The van der Waals surface area contributed by atoms with Crippen LogP contribution in [0.5, 0.6) is 0 Å². The second kappa shape index (κ2) is 7.55. The molecule has 0 amide bonds. The fourth-order valence-corrected chi connectivity index (χ4v) is 3.06. The average molecular weight is 372 g/mol. The summed E-state index contributed by atoms with van der Waals surface area (Å²) in [7, 11) is 0. The zero-order valence-corrected chi connectivity index (χ0v) is 14.9. The van der Waals surface area contributed by atoms with Gasteiger partial charge in [0.2, 0.25) is 4.80 Å². The van der Waals surface area contributed by atoms with Crippen LogP contribution in [0, 0.1) is 0 Å². The highest BCUT2D eigenvalue weighted by Gasteiger charge is 2.11. The van der Waals surface area contributed by atoms with Gasteiger partial charge in [-0.15, -0.1) is 0 Å². The molecule has 0 fully saturated rings. The van der Waals surface area contributed by atoms with Gasteiger partial charge in [-0.25, -0.2) is 9.67 Å². The molecular weight excluding hydrogens is 358 g/mol. The van der Waals surface area contributed by atoms with Crippen molar-refractivity contribution in [3.05, 3.63) is 75.0 Å². The van der Waals surface area contributed by atoms with E-state index in [0.717, 1.165) is 17.0 Å². The molecule has 0 radical (unpaired) electrons. The van der Waals surface area contributed by atoms with Crippen molar-refractivity contribution in [3.63, 3.8) is 0 Å². The Morgan fingerprint density at radius 3 is 2.44 bits per heavy atom. The zero-order valence-electron chi connectivity index (χ0n) is 13.3. The maximum atomic E-state index is 12.2. The van der Waals surface area contributed by atoms with Crippen LogP contribution in [0.1, 0.15) is 27.1 Å². The molecule has 3 rings (SSSR count). The Morgan fingerprint density at radius 1 is 1.12 bits per heavy atom. The van der Waals surface area contributed by atoms with Gasteiger partial charge in [0, 0.05) is 17.5 Å². The molecule has 0 bridgehead atoms. The van der Waals surface area contributed by atoms with Crippen LogP contribution in [-0.2, 0) is 0 Å². The molecule has 0 saturated heterocycles. The first-order valence-corrected chi connectivity index (χ1v) is 8.70. The van der Waals surface area contributed by atoms with E-state index in [1.165, 1.54) is 6.92 Å². The van der Waals surface area contributed by atoms with E-state index < -0.39 is 0 Å². The van der Waals surface area contributed by atoms with Crippen LogP contribution in [0.2, 0.25) is 5.02 Å². The van der Waals surface area contributed by atoms with Crippen LogP contribution in [0.3, 0.4) is 0 Å². The topological polar surface area (TPSA) is 64.3 Å². The average Bonchev–Trinajstić information content (AvgIpc) is 3.05. The Labute approximate surface area is 153 Å². The largest absolute Gasteiger partial charge is 0.292 e. The van der Waals surface area contributed by atoms with Gasteiger partial charge in [0.1, 0.15) is 6.54 Å². The number of Topliss-reactive ketones (excluding diaryl/α,β-unsaturated/α-hetero) is 2. The highest BCUT2D eigenvalue weighted by atomic mass is 35.5. The van der Waals surface area contributed by atoms with Crippen molar-refractivity contribution in [3.8, 4) is 5.69 Å². The van der Waals surface area contributed by atoms with E-state index in [1.807, 2.05) is 18.2 Å². The molecule has 1 aromatic heterocycles. The first-order chi connectivity index (χ1) is 12.0. The number of rotatable bonds is 5. The van der Waals surface area contributed by atoms with Gasteiger partial charge in [-0.05, 0) is 24.3 Å². The first kappa shape index (κ1) is 17.3. The predicted octanol–water partition coefficient (Wildman–Crippen LogP) is 3.57. The predicted molar refractivity (Wildman–Crippen MR) is 97.7 cm³/mol. The van der Waals surface area contributed by atoms with E-state index >= 15 is 0 Å². The van der Waals surface area contributed by atoms with Crippen LogP contribution in [0.4, 0.5) is 0 Å². The summed E-state index contributed by atoms with van der Waals surface area (Å²) in [5, 5.41) is 5.23. The van der Waals surface area contributed by atoms with E-state index in [4.69, 9.17) is 11.6 Å². The third-order valence-electron chi connectivity index (χ3n) is 3.39. The molecule has 0 aliphatic heterocycles. The van der Waals surface area contributed by atoms with E-state index in [-0.39, 0.29) is 18.1 Å². The standard InChI is InChI=1S/C18H14ClN3O2S/c1-12(23)17-21-22(15-9-7-14(19)8-10-15)18(25-17)20-11-16(24)13-5-3-2-4-6-13/h2-10H,11H2,1H3. The smallest absolute Gasteiger partial charge is 0.208 e. The molecule has 25 heavy (non-hydrogen) atoms. The molecule has 0 aliphatic rings. The monoisotopic (exact) mass is 371 g/mol. The maximum absolute atomic E-state index is 12.2. The molecule has 0 atom stereocenters. The van der Waals surface area contributed by atoms with E-state index in [9.17, 15) is 9.59 Å². The summed E-state index contributed by atoms with van der Waals surface area (Å²) in [5.41, 5.74) is 1.32. The minimum absolute atomic E-state index is 0.0167. The Morgan fingerprint density at radius 2 is 1.80 bits per heavy atom. The van der Waals surface area contributed by atoms with Crippen molar-refractivity contribution in [2.45, 2.75) is 6.92 Å². The molecule has 5 nitrogen and oxygen atoms in total. The molecule has 0 N–H and O–H groups in total. The minimum atomic E-state index is -0.149. The fourth-order valence-electron chi connectivity index (χ4n) is 2.13. The number of ketones is 2. The normalized spacial score (nSPS) is 11.5. The Kier molecular flexibility index (Phi) is 5.21. The summed E-state index contributed by atoms with van der Waals surface area (Å²) >= 11 is 7.07. The zero-order chi connectivity index (χ0) is 17.8. The fraction of sp³-hybridized carbons (Fsp3) is 0.111. The molecule has 1 heterocycles. The summed E-state index contributed by atoms with van der Waals surface area (Å²) in [5.74, 6) is -0.246. The van der Waals surface area contributed by atoms with Crippen molar-refractivity contribution in [2.24, 2.45) is 4.99 Å². The van der Waals surface area contributed by atoms with E-state index in [1.54, 1.807) is 41.1 Å². The van der Waals surface area contributed by atoms with Gasteiger partial charge in [-0.3, -0.25) is 9.59 Å². The minimum Gasteiger partial charge on any atom is -0.292 e. The molecule has 3 aromatic rings. The van der Waals surface area contributed by atoms with Crippen LogP contribution in [0.15, 0.2) is 59.6 Å². The van der Waals surface area contributed by atoms with Gasteiger partial charge >= 0.3 is 0 Å². The Balaban J connectivity index is 1.98. The van der Waals surface area contributed by atoms with Gasteiger partial charge in [0.15, 0.2) is 16.6 Å². The van der Waals surface area contributed by atoms with Gasteiger partial charge < -0.3 is 0 Å². The number of benzene rings is 2. The highest BCUT2D eigenvalue weighted by molar-refractivity contribution is 7.11. The molecule has 0 saturated carbocycles. The van der Waals surface area contributed by atoms with Crippen LogP contribution < -0.4 is 4.80 Å². The summed E-state index contributed by atoms with van der Waals surface area (Å²) in [6.45, 7) is 1.43. The number of halogens is 1. The maximum Gasteiger partial charge on any atom is 0.208 e. The van der Waals surface area contributed by atoms with Crippen molar-refractivity contribution in [1.29, 1.82) is 0 Å². The Hall–Kier alpha value is -2.57. The summed E-state index contributed by atoms with van der Waals surface area (Å²) in [6.07, 6.45) is 0. The van der Waals surface area contributed by atoms with Gasteiger partial charge in [-0.1, -0.05) is 53.3 Å². The van der Waals surface area contributed by atoms with Gasteiger partial charge in [-0.2, -0.15) is 5.10 Å². The molecule has 7 heteroatoms. The molecule has 0 unspecified atom stereocenters. The van der Waals surface area contributed by atoms with Crippen LogP contribution in [0.25, 0.3) is 5.69 Å². The van der Waals surface area contributed by atoms with Crippen molar-refractivity contribution < 1.29 is 9.59 Å². The van der Waals surface area contributed by atoms with Crippen molar-refractivity contribution in [2.75, 3.05) is 6.54 Å². The van der Waals surface area contributed by atoms with Gasteiger partial charge in [0.25, 0.3) is 0 Å². The lowest BCUT2D eigenvalue weighted by Gasteiger charge is -2.01. The number of carbonyl (C=O) groups excluding carboxylic acids is 2. The second-order valence-electron chi connectivity index (χ2n) is 5.24. The summed E-state index contributed by atoms with van der Waals surface area (Å²) in [4.78, 5) is 28.8.